The third kappa shape index (κ3) is 1.68. The van der Waals surface area contributed by atoms with Gasteiger partial charge in [0.05, 0.1) is 12.1 Å². The molecule has 1 aromatic carbocycles. The summed E-state index contributed by atoms with van der Waals surface area (Å²) in [6, 6.07) is 10.5. The van der Waals surface area contributed by atoms with Crippen LogP contribution in [0.2, 0.25) is 0 Å². The summed E-state index contributed by atoms with van der Waals surface area (Å²) >= 11 is 0. The summed E-state index contributed by atoms with van der Waals surface area (Å²) in [5.74, 6) is 1.63. The van der Waals surface area contributed by atoms with E-state index in [0.29, 0.717) is 29.7 Å². The van der Waals surface area contributed by atoms with Crippen LogP contribution < -0.4 is 11.1 Å². The van der Waals surface area contributed by atoms with Crippen molar-refractivity contribution in [3.63, 3.8) is 0 Å². The van der Waals surface area contributed by atoms with Crippen LogP contribution in [-0.4, -0.2) is 11.9 Å². The maximum atomic E-state index is 12.2. The molecule has 2 aromatic rings. The standard InChI is InChI=1S/C16H16N2O2/c17-7-11-5-10(8-20-11)16(19)18-15-13-6-9-3-1-2-4-12(9)14(13)15/h1-5,8,13-15H,6-7,17H2,(H,18,19). The molecule has 0 aliphatic heterocycles. The van der Waals surface area contributed by atoms with E-state index in [9.17, 15) is 4.79 Å². The van der Waals surface area contributed by atoms with Gasteiger partial charge in [-0.3, -0.25) is 4.79 Å². The highest BCUT2D eigenvalue weighted by atomic mass is 16.3. The molecular formula is C16H16N2O2. The van der Waals surface area contributed by atoms with Crippen molar-refractivity contribution in [2.75, 3.05) is 0 Å². The molecule has 1 fully saturated rings. The molecule has 3 N–H and O–H groups in total. The van der Waals surface area contributed by atoms with Crippen LogP contribution in [0.4, 0.5) is 0 Å². The lowest BCUT2D eigenvalue weighted by molar-refractivity contribution is 0.0947. The van der Waals surface area contributed by atoms with Crippen LogP contribution in [0.5, 0.6) is 0 Å². The number of fused-ring (bicyclic) bond motifs is 3. The van der Waals surface area contributed by atoms with Crippen LogP contribution in [-0.2, 0) is 13.0 Å². The molecule has 1 aromatic heterocycles. The molecule has 3 atom stereocenters. The Morgan fingerprint density at radius 3 is 3.05 bits per heavy atom. The summed E-state index contributed by atoms with van der Waals surface area (Å²) in [7, 11) is 0. The van der Waals surface area contributed by atoms with Gasteiger partial charge >= 0.3 is 0 Å². The second kappa shape index (κ2) is 4.21. The minimum atomic E-state index is -0.0645. The van der Waals surface area contributed by atoms with Crippen LogP contribution in [0.3, 0.4) is 0 Å². The summed E-state index contributed by atoms with van der Waals surface area (Å²) in [6.07, 6.45) is 2.55. The van der Waals surface area contributed by atoms with E-state index in [0.717, 1.165) is 6.42 Å². The molecular weight excluding hydrogens is 252 g/mol. The molecule has 3 unspecified atom stereocenters. The number of hydrogen-bond acceptors (Lipinski definition) is 3. The lowest BCUT2D eigenvalue weighted by Crippen LogP contribution is -2.28. The molecule has 1 heterocycles. The van der Waals surface area contributed by atoms with Gasteiger partial charge in [-0.1, -0.05) is 24.3 Å². The molecule has 1 amide bonds. The first kappa shape index (κ1) is 11.7. The molecule has 2 aliphatic carbocycles. The van der Waals surface area contributed by atoms with E-state index in [-0.39, 0.29) is 11.9 Å². The smallest absolute Gasteiger partial charge is 0.254 e. The summed E-state index contributed by atoms with van der Waals surface area (Å²) in [5.41, 5.74) is 8.87. The predicted molar refractivity (Wildman–Crippen MR) is 74.2 cm³/mol. The largest absolute Gasteiger partial charge is 0.467 e. The maximum Gasteiger partial charge on any atom is 0.254 e. The minimum Gasteiger partial charge on any atom is -0.467 e. The van der Waals surface area contributed by atoms with Gasteiger partial charge in [-0.25, -0.2) is 0 Å². The first-order valence-electron chi connectivity index (χ1n) is 6.94. The second-order valence-corrected chi connectivity index (χ2v) is 5.60. The highest BCUT2D eigenvalue weighted by Crippen LogP contribution is 2.56. The van der Waals surface area contributed by atoms with Gasteiger partial charge in [-0.15, -0.1) is 0 Å². The number of benzene rings is 1. The van der Waals surface area contributed by atoms with Gasteiger partial charge in [0.25, 0.3) is 5.91 Å². The number of rotatable bonds is 3. The van der Waals surface area contributed by atoms with Crippen LogP contribution >= 0.6 is 0 Å². The summed E-state index contributed by atoms with van der Waals surface area (Å²) in [4.78, 5) is 12.2. The van der Waals surface area contributed by atoms with Crippen LogP contribution in [0, 0.1) is 5.92 Å². The average molecular weight is 268 g/mol. The van der Waals surface area contributed by atoms with E-state index in [1.54, 1.807) is 6.07 Å². The summed E-state index contributed by atoms with van der Waals surface area (Å²) in [6.45, 7) is 0.315. The fourth-order valence-corrected chi connectivity index (χ4v) is 3.39. The third-order valence-corrected chi connectivity index (χ3v) is 4.45. The Morgan fingerprint density at radius 2 is 2.25 bits per heavy atom. The predicted octanol–water partition coefficient (Wildman–Crippen LogP) is 1.81. The SMILES string of the molecule is NCc1cc(C(=O)NC2C3Cc4ccccc4C32)co1. The topological polar surface area (TPSA) is 68.3 Å². The Bertz CT molecular complexity index is 677. The van der Waals surface area contributed by atoms with Crippen molar-refractivity contribution in [1.29, 1.82) is 0 Å². The zero-order valence-corrected chi connectivity index (χ0v) is 11.0. The molecule has 4 rings (SSSR count). The Hall–Kier alpha value is -2.07. The molecule has 102 valence electrons. The van der Waals surface area contributed by atoms with Gasteiger partial charge in [0.1, 0.15) is 12.0 Å². The van der Waals surface area contributed by atoms with Crippen molar-refractivity contribution < 1.29 is 9.21 Å². The molecule has 2 aliphatic rings. The number of carbonyl (C=O) groups excluding carboxylic acids is 1. The zero-order valence-electron chi connectivity index (χ0n) is 11.0. The highest BCUT2D eigenvalue weighted by molar-refractivity contribution is 5.94. The molecule has 0 radical (unpaired) electrons. The number of hydrogen-bond donors (Lipinski definition) is 2. The van der Waals surface area contributed by atoms with Gasteiger partial charge in [0, 0.05) is 12.0 Å². The summed E-state index contributed by atoms with van der Waals surface area (Å²) < 4.78 is 5.20. The first-order valence-corrected chi connectivity index (χ1v) is 6.94. The highest BCUT2D eigenvalue weighted by Gasteiger charge is 2.56. The number of nitrogens with one attached hydrogen (secondary N) is 1. The van der Waals surface area contributed by atoms with Gasteiger partial charge < -0.3 is 15.5 Å². The van der Waals surface area contributed by atoms with E-state index >= 15 is 0 Å². The Labute approximate surface area is 117 Å². The lowest BCUT2D eigenvalue weighted by Gasteiger charge is -2.08. The average Bonchev–Trinajstić information content (AvgIpc) is 2.87. The number of amides is 1. The molecule has 0 bridgehead atoms. The van der Waals surface area contributed by atoms with Crippen molar-refractivity contribution in [2.45, 2.75) is 24.9 Å². The van der Waals surface area contributed by atoms with Crippen molar-refractivity contribution in [3.8, 4) is 0 Å². The fourth-order valence-electron chi connectivity index (χ4n) is 3.39. The molecule has 0 saturated heterocycles. The van der Waals surface area contributed by atoms with Crippen molar-refractivity contribution in [3.05, 3.63) is 59.0 Å². The number of nitrogens with two attached hydrogens (primary N) is 1. The van der Waals surface area contributed by atoms with E-state index in [2.05, 4.69) is 29.6 Å². The van der Waals surface area contributed by atoms with Gasteiger partial charge in [-0.2, -0.15) is 0 Å². The van der Waals surface area contributed by atoms with Gasteiger partial charge in [0.2, 0.25) is 0 Å². The van der Waals surface area contributed by atoms with Crippen molar-refractivity contribution in [1.82, 2.24) is 5.32 Å². The van der Waals surface area contributed by atoms with Crippen LogP contribution in [0.25, 0.3) is 0 Å². The van der Waals surface area contributed by atoms with E-state index in [1.807, 2.05) is 0 Å². The Kier molecular flexibility index (Phi) is 2.47. The first-order chi connectivity index (χ1) is 9.78. The number of furan rings is 1. The Morgan fingerprint density at radius 1 is 1.40 bits per heavy atom. The molecule has 0 spiro atoms. The monoisotopic (exact) mass is 268 g/mol. The van der Waals surface area contributed by atoms with Crippen molar-refractivity contribution >= 4 is 5.91 Å². The summed E-state index contributed by atoms with van der Waals surface area (Å²) in [5, 5.41) is 3.11. The van der Waals surface area contributed by atoms with Crippen LogP contribution in [0.1, 0.15) is 33.2 Å². The molecule has 20 heavy (non-hydrogen) atoms. The maximum absolute atomic E-state index is 12.2. The zero-order chi connectivity index (χ0) is 13.7. The fraction of sp³-hybridized carbons (Fsp3) is 0.312. The third-order valence-electron chi connectivity index (χ3n) is 4.45. The van der Waals surface area contributed by atoms with Crippen molar-refractivity contribution in [2.24, 2.45) is 11.7 Å². The number of carbonyl (C=O) groups is 1. The molecule has 4 nitrogen and oxygen atoms in total. The van der Waals surface area contributed by atoms with Gasteiger partial charge in [0.15, 0.2) is 0 Å². The van der Waals surface area contributed by atoms with E-state index in [1.165, 1.54) is 17.4 Å². The van der Waals surface area contributed by atoms with Crippen LogP contribution in [0.15, 0.2) is 41.0 Å². The lowest BCUT2D eigenvalue weighted by atomic mass is 10.1. The Balaban J connectivity index is 1.47. The van der Waals surface area contributed by atoms with E-state index in [4.69, 9.17) is 10.2 Å². The second-order valence-electron chi connectivity index (χ2n) is 5.60. The molecule has 1 saturated carbocycles. The van der Waals surface area contributed by atoms with Gasteiger partial charge in [-0.05, 0) is 29.5 Å². The van der Waals surface area contributed by atoms with E-state index < -0.39 is 0 Å². The normalized spacial score (nSPS) is 25.9. The minimum absolute atomic E-state index is 0.0645. The molecule has 4 heteroatoms. The quantitative estimate of drug-likeness (QED) is 0.892.